The number of methoxy groups -OCH3 is 1. The van der Waals surface area contributed by atoms with Crippen molar-refractivity contribution in [2.24, 2.45) is 0 Å². The lowest BCUT2D eigenvalue weighted by Gasteiger charge is -2.12. The van der Waals surface area contributed by atoms with E-state index in [4.69, 9.17) is 27.9 Å². The number of halogens is 4. The number of rotatable bonds is 3. The molecule has 14 heavy (non-hydrogen) atoms. The highest BCUT2D eigenvalue weighted by atomic mass is 35.5. The molecule has 0 bridgehead atoms. The summed E-state index contributed by atoms with van der Waals surface area (Å²) < 4.78 is 32.9. The number of ether oxygens (including phenoxy) is 2. The predicted octanol–water partition coefficient (Wildman–Crippen LogP) is 3.60. The van der Waals surface area contributed by atoms with Crippen LogP contribution in [-0.4, -0.2) is 13.7 Å². The molecule has 0 atom stereocenters. The fourth-order valence-corrected chi connectivity index (χ4v) is 1.32. The van der Waals surface area contributed by atoms with Crippen molar-refractivity contribution in [1.29, 1.82) is 0 Å². The van der Waals surface area contributed by atoms with Crippen LogP contribution in [0.3, 0.4) is 0 Å². The molecule has 0 aliphatic carbocycles. The van der Waals surface area contributed by atoms with Crippen molar-refractivity contribution in [3.05, 3.63) is 22.2 Å². The summed E-state index contributed by atoms with van der Waals surface area (Å²) in [4.78, 5) is 0. The standard InChI is InChI=1S/C8H6Cl2F2O2/c1-13-6-4(9)2-3-5(10)7(6)14-8(11)12/h2-3,8H,1H3. The van der Waals surface area contributed by atoms with Crippen LogP contribution >= 0.6 is 23.2 Å². The van der Waals surface area contributed by atoms with E-state index in [0.717, 1.165) is 0 Å². The van der Waals surface area contributed by atoms with E-state index in [2.05, 4.69) is 4.74 Å². The van der Waals surface area contributed by atoms with Gasteiger partial charge in [0, 0.05) is 0 Å². The Hall–Kier alpha value is -0.740. The second kappa shape index (κ2) is 4.66. The van der Waals surface area contributed by atoms with Crippen molar-refractivity contribution < 1.29 is 18.3 Å². The number of hydrogen-bond acceptors (Lipinski definition) is 2. The Morgan fingerprint density at radius 2 is 1.64 bits per heavy atom. The zero-order valence-electron chi connectivity index (χ0n) is 7.06. The largest absolute Gasteiger partial charge is 0.491 e. The molecular weight excluding hydrogens is 237 g/mol. The van der Waals surface area contributed by atoms with E-state index in [9.17, 15) is 8.78 Å². The minimum absolute atomic E-state index is 0.000494. The van der Waals surface area contributed by atoms with E-state index in [1.165, 1.54) is 19.2 Å². The van der Waals surface area contributed by atoms with Gasteiger partial charge in [0.15, 0.2) is 11.5 Å². The Morgan fingerprint density at radius 1 is 1.14 bits per heavy atom. The van der Waals surface area contributed by atoms with Crippen molar-refractivity contribution in [2.75, 3.05) is 7.11 Å². The van der Waals surface area contributed by atoms with Crippen LogP contribution in [0.4, 0.5) is 8.78 Å². The fourth-order valence-electron chi connectivity index (χ4n) is 0.904. The van der Waals surface area contributed by atoms with Gasteiger partial charge in [0.2, 0.25) is 0 Å². The average Bonchev–Trinajstić information content (AvgIpc) is 2.11. The lowest BCUT2D eigenvalue weighted by Crippen LogP contribution is -2.04. The first-order valence-electron chi connectivity index (χ1n) is 3.53. The second-order valence-corrected chi connectivity index (χ2v) is 3.08. The molecule has 0 aromatic heterocycles. The minimum Gasteiger partial charge on any atom is -0.491 e. The monoisotopic (exact) mass is 242 g/mol. The Morgan fingerprint density at radius 3 is 2.07 bits per heavy atom. The van der Waals surface area contributed by atoms with Crippen molar-refractivity contribution in [2.45, 2.75) is 6.61 Å². The molecular formula is C8H6Cl2F2O2. The quantitative estimate of drug-likeness (QED) is 0.807. The van der Waals surface area contributed by atoms with Crippen LogP contribution in [0.2, 0.25) is 10.0 Å². The summed E-state index contributed by atoms with van der Waals surface area (Å²) in [6.45, 7) is -2.97. The van der Waals surface area contributed by atoms with Crippen LogP contribution in [0.1, 0.15) is 0 Å². The summed E-state index contributed by atoms with van der Waals surface area (Å²) in [5, 5.41) is 0.180. The van der Waals surface area contributed by atoms with Gasteiger partial charge >= 0.3 is 6.61 Å². The molecule has 0 spiro atoms. The van der Waals surface area contributed by atoms with Crippen LogP contribution < -0.4 is 9.47 Å². The molecule has 0 N–H and O–H groups in total. The SMILES string of the molecule is COc1c(Cl)ccc(Cl)c1OC(F)F. The van der Waals surface area contributed by atoms with E-state index in [-0.39, 0.29) is 21.5 Å². The van der Waals surface area contributed by atoms with Crippen molar-refractivity contribution in [3.63, 3.8) is 0 Å². The third-order valence-corrected chi connectivity index (χ3v) is 2.02. The summed E-state index contributed by atoms with van der Waals surface area (Å²) in [6.07, 6.45) is 0. The van der Waals surface area contributed by atoms with Crippen LogP contribution in [-0.2, 0) is 0 Å². The molecule has 2 nitrogen and oxygen atoms in total. The van der Waals surface area contributed by atoms with E-state index in [1.807, 2.05) is 0 Å². The zero-order chi connectivity index (χ0) is 10.7. The van der Waals surface area contributed by atoms with Gasteiger partial charge in [-0.25, -0.2) is 0 Å². The van der Waals surface area contributed by atoms with Gasteiger partial charge in [0.1, 0.15) is 0 Å². The first-order valence-corrected chi connectivity index (χ1v) is 4.28. The first kappa shape index (κ1) is 11.3. The highest BCUT2D eigenvalue weighted by Crippen LogP contribution is 2.41. The van der Waals surface area contributed by atoms with Gasteiger partial charge in [-0.2, -0.15) is 8.78 Å². The molecule has 0 fully saturated rings. The second-order valence-electron chi connectivity index (χ2n) is 2.27. The van der Waals surface area contributed by atoms with Crippen molar-refractivity contribution >= 4 is 23.2 Å². The van der Waals surface area contributed by atoms with Gasteiger partial charge in [-0.05, 0) is 12.1 Å². The third-order valence-electron chi connectivity index (χ3n) is 1.43. The molecule has 1 rings (SSSR count). The van der Waals surface area contributed by atoms with Gasteiger partial charge in [0.05, 0.1) is 17.2 Å². The summed E-state index contributed by atoms with van der Waals surface area (Å²) >= 11 is 11.3. The van der Waals surface area contributed by atoms with Gasteiger partial charge in [-0.3, -0.25) is 0 Å². The Bertz CT molecular complexity index is 331. The van der Waals surface area contributed by atoms with Crippen LogP contribution in [0, 0.1) is 0 Å². The topological polar surface area (TPSA) is 18.5 Å². The molecule has 0 saturated heterocycles. The van der Waals surface area contributed by atoms with E-state index >= 15 is 0 Å². The molecule has 0 aliphatic heterocycles. The molecule has 0 radical (unpaired) electrons. The predicted molar refractivity (Wildman–Crippen MR) is 49.6 cm³/mol. The number of hydrogen-bond donors (Lipinski definition) is 0. The van der Waals surface area contributed by atoms with Gasteiger partial charge < -0.3 is 9.47 Å². The Labute approximate surface area is 89.3 Å². The van der Waals surface area contributed by atoms with Crippen LogP contribution in [0.5, 0.6) is 11.5 Å². The highest BCUT2D eigenvalue weighted by Gasteiger charge is 2.17. The maximum atomic E-state index is 12.0. The molecule has 0 amide bonds. The van der Waals surface area contributed by atoms with E-state index < -0.39 is 6.61 Å². The molecule has 0 saturated carbocycles. The summed E-state index contributed by atoms with van der Waals surface area (Å²) in [7, 11) is 1.29. The van der Waals surface area contributed by atoms with E-state index in [0.29, 0.717) is 0 Å². The molecule has 0 heterocycles. The van der Waals surface area contributed by atoms with Gasteiger partial charge in [0.25, 0.3) is 0 Å². The van der Waals surface area contributed by atoms with Gasteiger partial charge in [-0.1, -0.05) is 23.2 Å². The summed E-state index contributed by atoms with van der Waals surface area (Å²) in [5.74, 6) is -0.254. The fraction of sp³-hybridized carbons (Fsp3) is 0.250. The lowest BCUT2D eigenvalue weighted by molar-refractivity contribution is -0.0511. The third kappa shape index (κ3) is 2.39. The molecule has 0 aliphatic rings. The van der Waals surface area contributed by atoms with Crippen LogP contribution in [0.25, 0.3) is 0 Å². The minimum atomic E-state index is -2.97. The zero-order valence-corrected chi connectivity index (χ0v) is 8.57. The van der Waals surface area contributed by atoms with E-state index in [1.54, 1.807) is 0 Å². The van der Waals surface area contributed by atoms with Crippen molar-refractivity contribution in [3.8, 4) is 11.5 Å². The van der Waals surface area contributed by atoms with Crippen molar-refractivity contribution in [1.82, 2.24) is 0 Å². The molecule has 0 unspecified atom stereocenters. The molecule has 1 aromatic rings. The van der Waals surface area contributed by atoms with Crippen LogP contribution in [0.15, 0.2) is 12.1 Å². The Kier molecular flexibility index (Phi) is 3.77. The molecule has 6 heteroatoms. The maximum absolute atomic E-state index is 12.0. The molecule has 1 aromatic carbocycles. The lowest BCUT2D eigenvalue weighted by atomic mass is 10.3. The average molecular weight is 243 g/mol. The summed E-state index contributed by atoms with van der Waals surface area (Å²) in [5.41, 5.74) is 0. The molecule has 78 valence electrons. The normalized spacial score (nSPS) is 10.4. The van der Waals surface area contributed by atoms with Gasteiger partial charge in [-0.15, -0.1) is 0 Å². The highest BCUT2D eigenvalue weighted by molar-refractivity contribution is 6.35. The maximum Gasteiger partial charge on any atom is 0.387 e. The smallest absolute Gasteiger partial charge is 0.387 e. The Balaban J connectivity index is 3.16. The first-order chi connectivity index (χ1) is 6.56. The number of benzene rings is 1. The summed E-state index contributed by atoms with van der Waals surface area (Å²) in [6, 6.07) is 2.78. The number of alkyl halides is 2.